The van der Waals surface area contributed by atoms with E-state index >= 15 is 0 Å². The molecule has 0 saturated heterocycles. The molecule has 0 fully saturated rings. The van der Waals surface area contributed by atoms with E-state index < -0.39 is 10.0 Å². The Hall–Kier alpha value is -1.43. The standard InChI is InChI=1S/C14H14Cl2N2O2S/c1-18(2)14-8-5-11(16)9-13(14)17-21(19,20)12-6-3-10(15)4-7-12/h3-9,17H,1-2H3. The Kier molecular flexibility index (Phi) is 4.66. The molecule has 0 amide bonds. The van der Waals surface area contributed by atoms with Gasteiger partial charge in [0.1, 0.15) is 0 Å². The molecule has 0 aliphatic heterocycles. The van der Waals surface area contributed by atoms with Gasteiger partial charge >= 0.3 is 0 Å². The molecule has 7 heteroatoms. The van der Waals surface area contributed by atoms with Crippen molar-refractivity contribution in [2.45, 2.75) is 4.90 Å². The zero-order chi connectivity index (χ0) is 15.6. The summed E-state index contributed by atoms with van der Waals surface area (Å²) in [4.78, 5) is 1.94. The molecule has 1 N–H and O–H groups in total. The van der Waals surface area contributed by atoms with Gasteiger partial charge in [0, 0.05) is 24.1 Å². The maximum atomic E-state index is 12.4. The van der Waals surface area contributed by atoms with Crippen LogP contribution in [-0.2, 0) is 10.0 Å². The summed E-state index contributed by atoms with van der Waals surface area (Å²) >= 11 is 11.7. The van der Waals surface area contributed by atoms with Gasteiger partial charge in [-0.05, 0) is 42.5 Å². The fourth-order valence-corrected chi connectivity index (χ4v) is 3.16. The van der Waals surface area contributed by atoms with E-state index in [0.29, 0.717) is 15.7 Å². The summed E-state index contributed by atoms with van der Waals surface area (Å²) in [5.41, 5.74) is 1.14. The predicted octanol–water partition coefficient (Wildman–Crippen LogP) is 3.86. The number of hydrogen-bond acceptors (Lipinski definition) is 3. The van der Waals surface area contributed by atoms with E-state index in [1.165, 1.54) is 24.3 Å². The molecule has 0 bridgehead atoms. The summed E-state index contributed by atoms with van der Waals surface area (Å²) in [5, 5.41) is 0.931. The van der Waals surface area contributed by atoms with Gasteiger partial charge in [-0.1, -0.05) is 23.2 Å². The van der Waals surface area contributed by atoms with Crippen molar-refractivity contribution >= 4 is 44.6 Å². The number of nitrogens with one attached hydrogen (secondary N) is 1. The molecular formula is C14H14Cl2N2O2S. The number of hydrogen-bond donors (Lipinski definition) is 1. The van der Waals surface area contributed by atoms with Crippen molar-refractivity contribution in [1.82, 2.24) is 0 Å². The quantitative estimate of drug-likeness (QED) is 0.915. The molecule has 2 aromatic carbocycles. The lowest BCUT2D eigenvalue weighted by atomic mass is 10.2. The van der Waals surface area contributed by atoms with Crippen molar-refractivity contribution in [3.05, 3.63) is 52.5 Å². The average molecular weight is 345 g/mol. The van der Waals surface area contributed by atoms with Crippen LogP contribution in [0, 0.1) is 0 Å². The first-order valence-electron chi connectivity index (χ1n) is 6.05. The monoisotopic (exact) mass is 344 g/mol. The number of sulfonamides is 1. The van der Waals surface area contributed by atoms with Gasteiger partial charge < -0.3 is 4.90 Å². The topological polar surface area (TPSA) is 49.4 Å². The number of rotatable bonds is 4. The lowest BCUT2D eigenvalue weighted by Crippen LogP contribution is -2.17. The second kappa shape index (κ2) is 6.13. The van der Waals surface area contributed by atoms with E-state index in [1.54, 1.807) is 23.1 Å². The van der Waals surface area contributed by atoms with Crippen LogP contribution in [0.1, 0.15) is 0 Å². The van der Waals surface area contributed by atoms with E-state index in [0.717, 1.165) is 5.69 Å². The highest BCUT2D eigenvalue weighted by molar-refractivity contribution is 7.92. The van der Waals surface area contributed by atoms with E-state index in [9.17, 15) is 8.42 Å². The third-order valence-corrected chi connectivity index (χ3v) is 4.68. The largest absolute Gasteiger partial charge is 0.376 e. The molecular weight excluding hydrogens is 331 g/mol. The van der Waals surface area contributed by atoms with Gasteiger partial charge in [-0.25, -0.2) is 8.42 Å². The van der Waals surface area contributed by atoms with E-state index in [-0.39, 0.29) is 4.90 Å². The van der Waals surface area contributed by atoms with Gasteiger partial charge in [0.15, 0.2) is 0 Å². The number of anilines is 2. The maximum Gasteiger partial charge on any atom is 0.261 e. The van der Waals surface area contributed by atoms with Crippen LogP contribution in [0.2, 0.25) is 10.0 Å². The number of nitrogens with zero attached hydrogens (tertiary/aromatic N) is 1. The van der Waals surface area contributed by atoms with Gasteiger partial charge in [0.05, 0.1) is 16.3 Å². The molecule has 21 heavy (non-hydrogen) atoms. The molecule has 0 spiro atoms. The molecule has 0 unspecified atom stereocenters. The van der Waals surface area contributed by atoms with Crippen molar-refractivity contribution in [2.75, 3.05) is 23.7 Å². The summed E-state index contributed by atoms with van der Waals surface area (Å²) in [6, 6.07) is 11.0. The van der Waals surface area contributed by atoms with Crippen LogP contribution in [0.5, 0.6) is 0 Å². The summed E-state index contributed by atoms with van der Waals surface area (Å²) in [5.74, 6) is 0. The third kappa shape index (κ3) is 3.81. The molecule has 0 aliphatic rings. The Morgan fingerprint density at radius 1 is 0.952 bits per heavy atom. The van der Waals surface area contributed by atoms with Crippen molar-refractivity contribution in [3.8, 4) is 0 Å². The lowest BCUT2D eigenvalue weighted by Gasteiger charge is -2.18. The summed E-state index contributed by atoms with van der Waals surface area (Å²) in [6.07, 6.45) is 0. The summed E-state index contributed by atoms with van der Waals surface area (Å²) < 4.78 is 27.3. The molecule has 0 aromatic heterocycles. The number of halogens is 2. The van der Waals surface area contributed by atoms with E-state index in [1.807, 2.05) is 14.1 Å². The van der Waals surface area contributed by atoms with Crippen molar-refractivity contribution in [2.24, 2.45) is 0 Å². The van der Waals surface area contributed by atoms with Crippen LogP contribution in [-0.4, -0.2) is 22.5 Å². The molecule has 0 saturated carbocycles. The molecule has 4 nitrogen and oxygen atoms in total. The molecule has 2 rings (SSSR count). The molecule has 112 valence electrons. The van der Waals surface area contributed by atoms with Crippen LogP contribution in [0.25, 0.3) is 0 Å². The van der Waals surface area contributed by atoms with Crippen molar-refractivity contribution in [3.63, 3.8) is 0 Å². The van der Waals surface area contributed by atoms with Crippen molar-refractivity contribution < 1.29 is 8.42 Å². The molecule has 0 radical (unpaired) electrons. The second-order valence-corrected chi connectivity index (χ2v) is 7.17. The second-order valence-electron chi connectivity index (χ2n) is 4.62. The van der Waals surface area contributed by atoms with Gasteiger partial charge in [0.25, 0.3) is 10.0 Å². The predicted molar refractivity (Wildman–Crippen MR) is 88.0 cm³/mol. The fraction of sp³-hybridized carbons (Fsp3) is 0.143. The van der Waals surface area contributed by atoms with Crippen LogP contribution >= 0.6 is 23.2 Å². The molecule has 0 aliphatic carbocycles. The van der Waals surface area contributed by atoms with E-state index in [2.05, 4.69) is 4.72 Å². The lowest BCUT2D eigenvalue weighted by molar-refractivity contribution is 0.601. The SMILES string of the molecule is CN(C)c1ccc(Cl)cc1NS(=O)(=O)c1ccc(Cl)cc1. The Morgan fingerprint density at radius 2 is 1.52 bits per heavy atom. The first kappa shape index (κ1) is 15.9. The highest BCUT2D eigenvalue weighted by Crippen LogP contribution is 2.30. The number of benzene rings is 2. The summed E-state index contributed by atoms with van der Waals surface area (Å²) in [7, 11) is -0.0513. The Balaban J connectivity index is 2.41. The maximum absolute atomic E-state index is 12.4. The summed E-state index contributed by atoms with van der Waals surface area (Å²) in [6.45, 7) is 0. The van der Waals surface area contributed by atoms with Gasteiger partial charge in [-0.2, -0.15) is 0 Å². The van der Waals surface area contributed by atoms with Crippen molar-refractivity contribution in [1.29, 1.82) is 0 Å². The minimum absolute atomic E-state index is 0.136. The third-order valence-electron chi connectivity index (χ3n) is 2.81. The molecule has 2 aromatic rings. The van der Waals surface area contributed by atoms with Gasteiger partial charge in [-0.3, -0.25) is 4.72 Å². The normalized spacial score (nSPS) is 11.2. The van der Waals surface area contributed by atoms with Gasteiger partial charge in [0.2, 0.25) is 0 Å². The zero-order valence-electron chi connectivity index (χ0n) is 11.5. The van der Waals surface area contributed by atoms with Crippen LogP contribution in [0.15, 0.2) is 47.4 Å². The minimum atomic E-state index is -3.70. The average Bonchev–Trinajstić information content (AvgIpc) is 2.38. The Labute approximate surface area is 134 Å². The van der Waals surface area contributed by atoms with Crippen LogP contribution < -0.4 is 9.62 Å². The zero-order valence-corrected chi connectivity index (χ0v) is 13.8. The first-order valence-corrected chi connectivity index (χ1v) is 8.29. The Morgan fingerprint density at radius 3 is 2.10 bits per heavy atom. The Bertz CT molecular complexity index is 744. The highest BCUT2D eigenvalue weighted by atomic mass is 35.5. The van der Waals surface area contributed by atoms with Crippen LogP contribution in [0.4, 0.5) is 11.4 Å². The van der Waals surface area contributed by atoms with E-state index in [4.69, 9.17) is 23.2 Å². The fourth-order valence-electron chi connectivity index (χ4n) is 1.80. The molecule has 0 heterocycles. The smallest absolute Gasteiger partial charge is 0.261 e. The molecule has 0 atom stereocenters. The highest BCUT2D eigenvalue weighted by Gasteiger charge is 2.17. The first-order chi connectivity index (χ1) is 9.79. The minimum Gasteiger partial charge on any atom is -0.376 e. The van der Waals surface area contributed by atoms with Gasteiger partial charge in [-0.15, -0.1) is 0 Å². The van der Waals surface area contributed by atoms with Crippen LogP contribution in [0.3, 0.4) is 0 Å².